The summed E-state index contributed by atoms with van der Waals surface area (Å²) in [5, 5.41) is 6.32. The van der Waals surface area contributed by atoms with Gasteiger partial charge in [-0.1, -0.05) is 30.3 Å². The molecule has 1 heterocycles. The van der Waals surface area contributed by atoms with Gasteiger partial charge in [-0.25, -0.2) is 15.0 Å². The largest absolute Gasteiger partial charge is 0.444 e. The first-order valence-corrected chi connectivity index (χ1v) is 9.25. The number of hydrogen-bond donors (Lipinski definition) is 4. The summed E-state index contributed by atoms with van der Waals surface area (Å²) in [4.78, 5) is 52.4. The van der Waals surface area contributed by atoms with E-state index in [0.29, 0.717) is 5.69 Å². The molecule has 30 heavy (non-hydrogen) atoms. The number of rotatable bonds is 6. The smallest absolute Gasteiger partial charge is 0.408 e. The molecule has 0 saturated heterocycles. The van der Waals surface area contributed by atoms with Gasteiger partial charge in [0.15, 0.2) is 0 Å². The molecule has 10 heteroatoms. The van der Waals surface area contributed by atoms with Crippen molar-refractivity contribution in [1.82, 2.24) is 20.7 Å². The van der Waals surface area contributed by atoms with Crippen LogP contribution in [-0.4, -0.2) is 39.8 Å². The number of alkyl carbamates (subject to hydrolysis) is 1. The van der Waals surface area contributed by atoms with Gasteiger partial charge in [0.1, 0.15) is 11.6 Å². The number of benzene rings is 1. The van der Waals surface area contributed by atoms with Crippen molar-refractivity contribution in [3.8, 4) is 0 Å². The van der Waals surface area contributed by atoms with E-state index in [4.69, 9.17) is 4.74 Å². The zero-order chi connectivity index (χ0) is 22.3. The quantitative estimate of drug-likeness (QED) is 0.410. The number of carbonyl (C=O) groups is 2. The van der Waals surface area contributed by atoms with Gasteiger partial charge < -0.3 is 15.0 Å². The number of aryl methyl sites for hydroxylation is 1. The number of hydrogen-bond acceptors (Lipinski definition) is 6. The van der Waals surface area contributed by atoms with Crippen molar-refractivity contribution in [1.29, 1.82) is 0 Å². The molecule has 1 atom stereocenters. The Morgan fingerprint density at radius 1 is 1.17 bits per heavy atom. The Balaban J connectivity index is 2.14. The number of H-pyrrole nitrogens is 2. The highest BCUT2D eigenvalue weighted by molar-refractivity contribution is 5.87. The van der Waals surface area contributed by atoms with Gasteiger partial charge in [0, 0.05) is 12.1 Å². The maximum atomic E-state index is 12.6. The minimum Gasteiger partial charge on any atom is -0.444 e. The van der Waals surface area contributed by atoms with Crippen molar-refractivity contribution in [2.75, 3.05) is 0 Å². The normalized spacial score (nSPS) is 12.4. The van der Waals surface area contributed by atoms with E-state index in [-0.39, 0.29) is 12.0 Å². The number of aromatic amines is 2. The van der Waals surface area contributed by atoms with Gasteiger partial charge in [-0.3, -0.25) is 14.6 Å². The van der Waals surface area contributed by atoms with Crippen LogP contribution in [0.1, 0.15) is 37.6 Å². The Hall–Kier alpha value is -3.69. The number of aromatic nitrogens is 2. The number of amides is 2. The monoisotopic (exact) mass is 415 g/mol. The maximum absolute atomic E-state index is 12.6. The Bertz CT molecular complexity index is 1030. The molecule has 4 N–H and O–H groups in total. The van der Waals surface area contributed by atoms with Gasteiger partial charge in [-0.15, -0.1) is 0 Å². The highest BCUT2D eigenvalue weighted by atomic mass is 16.6. The molecule has 160 valence electrons. The lowest BCUT2D eigenvalue weighted by atomic mass is 10.1. The van der Waals surface area contributed by atoms with Crippen molar-refractivity contribution in [3.63, 3.8) is 0 Å². The first-order chi connectivity index (χ1) is 14.0. The van der Waals surface area contributed by atoms with E-state index in [1.807, 2.05) is 30.3 Å². The summed E-state index contributed by atoms with van der Waals surface area (Å²) in [6, 6.07) is 8.17. The molecule has 0 aliphatic carbocycles. The van der Waals surface area contributed by atoms with Gasteiger partial charge in [-0.2, -0.15) is 5.10 Å². The molecule has 0 aliphatic rings. The fourth-order valence-corrected chi connectivity index (χ4v) is 2.51. The van der Waals surface area contributed by atoms with E-state index in [1.165, 1.54) is 6.92 Å². The summed E-state index contributed by atoms with van der Waals surface area (Å²) < 4.78 is 5.22. The molecule has 0 fully saturated rings. The fraction of sp³-hybridized carbons (Fsp3) is 0.350. The van der Waals surface area contributed by atoms with Crippen LogP contribution < -0.4 is 22.0 Å². The molecule has 1 aromatic heterocycles. The van der Waals surface area contributed by atoms with Crippen molar-refractivity contribution in [2.45, 2.75) is 45.8 Å². The average molecular weight is 415 g/mol. The van der Waals surface area contributed by atoms with Crippen LogP contribution in [0.4, 0.5) is 4.79 Å². The molecule has 0 spiro atoms. The first-order valence-electron chi connectivity index (χ1n) is 9.25. The maximum Gasteiger partial charge on any atom is 0.408 e. The minimum absolute atomic E-state index is 0.0922. The Labute approximate surface area is 172 Å². The van der Waals surface area contributed by atoms with Crippen molar-refractivity contribution in [3.05, 3.63) is 68.0 Å². The Morgan fingerprint density at radius 3 is 2.43 bits per heavy atom. The predicted molar refractivity (Wildman–Crippen MR) is 111 cm³/mol. The third-order valence-corrected chi connectivity index (χ3v) is 3.84. The SMILES string of the molecule is Cc1[nH]c(=O)[nH]c(=O)c1/C=N/NC(=O)C(Cc1ccccc1)NC(=O)OC(C)(C)C. The molecule has 10 nitrogen and oxygen atoms in total. The molecular weight excluding hydrogens is 390 g/mol. The summed E-state index contributed by atoms with van der Waals surface area (Å²) in [6.45, 7) is 6.68. The number of nitrogens with zero attached hydrogens (tertiary/aromatic N) is 1. The number of nitrogens with one attached hydrogen (secondary N) is 4. The summed E-state index contributed by atoms with van der Waals surface area (Å²) in [5.41, 5.74) is 1.53. The first kappa shape index (κ1) is 22.6. The van der Waals surface area contributed by atoms with Crippen LogP contribution in [0.3, 0.4) is 0 Å². The van der Waals surface area contributed by atoms with Gasteiger partial charge in [0.2, 0.25) is 0 Å². The van der Waals surface area contributed by atoms with Crippen molar-refractivity contribution >= 4 is 18.2 Å². The second kappa shape index (κ2) is 9.68. The molecular formula is C20H25N5O5. The highest BCUT2D eigenvalue weighted by Gasteiger charge is 2.24. The molecule has 2 amide bonds. The predicted octanol–water partition coefficient (Wildman–Crippen LogP) is 0.958. The molecule has 0 saturated carbocycles. The summed E-state index contributed by atoms with van der Waals surface area (Å²) >= 11 is 0. The van der Waals surface area contributed by atoms with Crippen LogP contribution in [-0.2, 0) is 16.0 Å². The van der Waals surface area contributed by atoms with Crippen LogP contribution in [0.5, 0.6) is 0 Å². The molecule has 2 aromatic rings. The molecule has 2 rings (SSSR count). The van der Waals surface area contributed by atoms with E-state index in [9.17, 15) is 19.2 Å². The average Bonchev–Trinajstić information content (AvgIpc) is 2.62. The molecule has 0 radical (unpaired) electrons. The number of ether oxygens (including phenoxy) is 1. The molecule has 0 bridgehead atoms. The zero-order valence-electron chi connectivity index (χ0n) is 17.2. The molecule has 0 aliphatic heterocycles. The van der Waals surface area contributed by atoms with E-state index in [1.54, 1.807) is 20.8 Å². The molecule has 1 unspecified atom stereocenters. The van der Waals surface area contributed by atoms with Gasteiger partial charge in [0.05, 0.1) is 11.8 Å². The van der Waals surface area contributed by atoms with Crippen LogP contribution in [0.25, 0.3) is 0 Å². The minimum atomic E-state index is -0.964. The van der Waals surface area contributed by atoms with E-state index >= 15 is 0 Å². The lowest BCUT2D eigenvalue weighted by Crippen LogP contribution is -2.48. The van der Waals surface area contributed by atoms with E-state index in [0.717, 1.165) is 11.8 Å². The van der Waals surface area contributed by atoms with Crippen molar-refractivity contribution < 1.29 is 14.3 Å². The van der Waals surface area contributed by atoms with Crippen LogP contribution in [0.15, 0.2) is 45.0 Å². The third kappa shape index (κ3) is 7.04. The number of carbonyl (C=O) groups excluding carboxylic acids is 2. The van der Waals surface area contributed by atoms with Crippen LogP contribution in [0.2, 0.25) is 0 Å². The highest BCUT2D eigenvalue weighted by Crippen LogP contribution is 2.08. The van der Waals surface area contributed by atoms with Gasteiger partial charge in [-0.05, 0) is 33.3 Å². The van der Waals surface area contributed by atoms with Gasteiger partial charge in [0.25, 0.3) is 11.5 Å². The van der Waals surface area contributed by atoms with Gasteiger partial charge >= 0.3 is 11.8 Å². The third-order valence-electron chi connectivity index (χ3n) is 3.84. The second-order valence-electron chi connectivity index (χ2n) is 7.57. The number of hydrazone groups is 1. The van der Waals surface area contributed by atoms with Crippen LogP contribution in [0, 0.1) is 6.92 Å². The Morgan fingerprint density at radius 2 is 1.83 bits per heavy atom. The van der Waals surface area contributed by atoms with E-state index < -0.39 is 34.9 Å². The van der Waals surface area contributed by atoms with Crippen LogP contribution >= 0.6 is 0 Å². The fourth-order valence-electron chi connectivity index (χ4n) is 2.51. The van der Waals surface area contributed by atoms with Crippen molar-refractivity contribution in [2.24, 2.45) is 5.10 Å². The Kier molecular flexibility index (Phi) is 7.29. The molecule has 1 aromatic carbocycles. The lowest BCUT2D eigenvalue weighted by Gasteiger charge is -2.23. The zero-order valence-corrected chi connectivity index (χ0v) is 17.2. The van der Waals surface area contributed by atoms with E-state index in [2.05, 4.69) is 25.8 Å². The topological polar surface area (TPSA) is 146 Å². The standard InChI is InChI=1S/C20H25N5O5/c1-12-14(16(26)24-18(28)22-12)11-21-25-17(27)15(10-13-8-6-5-7-9-13)23-19(29)30-20(2,3)4/h5-9,11,15H,10H2,1-4H3,(H,23,29)(H,25,27)(H2,22,24,26,28)/b21-11+. The lowest BCUT2D eigenvalue weighted by molar-refractivity contribution is -0.123. The summed E-state index contributed by atoms with van der Waals surface area (Å²) in [7, 11) is 0. The summed E-state index contributed by atoms with van der Waals surface area (Å²) in [5.74, 6) is -0.598. The second-order valence-corrected chi connectivity index (χ2v) is 7.57. The summed E-state index contributed by atoms with van der Waals surface area (Å²) in [6.07, 6.45) is 0.588.